The van der Waals surface area contributed by atoms with Crippen molar-refractivity contribution in [2.75, 3.05) is 18.1 Å². The summed E-state index contributed by atoms with van der Waals surface area (Å²) in [6.45, 7) is 0.901. The normalized spacial score (nSPS) is 25.0. The molecule has 60 valence electrons. The Bertz CT molecular complexity index is 116. The SMILES string of the molecule is Cl.NC(=O)C1CSCCN1. The minimum absolute atomic E-state index is 0. The lowest BCUT2D eigenvalue weighted by molar-refractivity contribution is -0.119. The predicted octanol–water partition coefficient (Wildman–Crippen LogP) is -0.402. The molecule has 0 bridgehead atoms. The van der Waals surface area contributed by atoms with Gasteiger partial charge >= 0.3 is 0 Å². The maximum Gasteiger partial charge on any atom is 0.235 e. The first-order chi connectivity index (χ1) is 4.30. The van der Waals surface area contributed by atoms with E-state index in [0.717, 1.165) is 18.1 Å². The van der Waals surface area contributed by atoms with Gasteiger partial charge < -0.3 is 11.1 Å². The number of halogens is 1. The van der Waals surface area contributed by atoms with E-state index in [1.54, 1.807) is 11.8 Å². The number of nitrogens with two attached hydrogens (primary N) is 1. The minimum atomic E-state index is -0.234. The number of amides is 1. The van der Waals surface area contributed by atoms with E-state index in [1.165, 1.54) is 0 Å². The van der Waals surface area contributed by atoms with Crippen molar-refractivity contribution in [3.8, 4) is 0 Å². The fourth-order valence-corrected chi connectivity index (χ4v) is 1.69. The second-order valence-electron chi connectivity index (χ2n) is 1.98. The summed E-state index contributed by atoms with van der Waals surface area (Å²) in [7, 11) is 0. The van der Waals surface area contributed by atoms with Crippen molar-refractivity contribution in [2.45, 2.75) is 6.04 Å². The Labute approximate surface area is 70.5 Å². The molecule has 1 heterocycles. The zero-order valence-corrected chi connectivity index (χ0v) is 7.13. The van der Waals surface area contributed by atoms with Crippen LogP contribution in [0.5, 0.6) is 0 Å². The fourth-order valence-electron chi connectivity index (χ4n) is 0.748. The van der Waals surface area contributed by atoms with Gasteiger partial charge in [0.1, 0.15) is 0 Å². The molecule has 0 aromatic carbocycles. The Morgan fingerprint density at radius 3 is 2.70 bits per heavy atom. The van der Waals surface area contributed by atoms with E-state index in [1.807, 2.05) is 0 Å². The number of hydrogen-bond acceptors (Lipinski definition) is 3. The number of carbonyl (C=O) groups is 1. The average Bonchev–Trinajstić information content (AvgIpc) is 1.90. The van der Waals surface area contributed by atoms with Gasteiger partial charge in [0.2, 0.25) is 5.91 Å². The molecule has 1 atom stereocenters. The van der Waals surface area contributed by atoms with Crippen LogP contribution in [0, 0.1) is 0 Å². The fraction of sp³-hybridized carbons (Fsp3) is 0.800. The first-order valence-corrected chi connectivity index (χ1v) is 4.06. The van der Waals surface area contributed by atoms with Crippen molar-refractivity contribution in [1.82, 2.24) is 5.32 Å². The van der Waals surface area contributed by atoms with Crippen molar-refractivity contribution < 1.29 is 4.79 Å². The standard InChI is InChI=1S/C5H10N2OS.ClH/c6-5(8)4-3-9-2-1-7-4;/h4,7H,1-3H2,(H2,6,8);1H. The number of rotatable bonds is 1. The summed E-state index contributed by atoms with van der Waals surface area (Å²) in [6, 6.07) is -0.0938. The zero-order chi connectivity index (χ0) is 6.69. The van der Waals surface area contributed by atoms with Crippen LogP contribution in [0.25, 0.3) is 0 Å². The van der Waals surface area contributed by atoms with Gasteiger partial charge in [-0.1, -0.05) is 0 Å². The third-order valence-corrected chi connectivity index (χ3v) is 2.33. The lowest BCUT2D eigenvalue weighted by Gasteiger charge is -2.19. The van der Waals surface area contributed by atoms with Crippen LogP contribution in [0.1, 0.15) is 0 Å². The van der Waals surface area contributed by atoms with Gasteiger partial charge in [0.05, 0.1) is 6.04 Å². The molecule has 10 heavy (non-hydrogen) atoms. The van der Waals surface area contributed by atoms with Crippen molar-refractivity contribution in [2.24, 2.45) is 5.73 Å². The summed E-state index contributed by atoms with van der Waals surface area (Å²) < 4.78 is 0. The molecule has 1 amide bonds. The van der Waals surface area contributed by atoms with E-state index < -0.39 is 0 Å². The van der Waals surface area contributed by atoms with E-state index in [-0.39, 0.29) is 24.4 Å². The summed E-state index contributed by atoms with van der Waals surface area (Å²) >= 11 is 1.77. The highest BCUT2D eigenvalue weighted by molar-refractivity contribution is 7.99. The van der Waals surface area contributed by atoms with Crippen LogP contribution in [0.3, 0.4) is 0 Å². The second kappa shape index (κ2) is 4.82. The molecule has 3 nitrogen and oxygen atoms in total. The van der Waals surface area contributed by atoms with Crippen LogP contribution >= 0.6 is 24.2 Å². The van der Waals surface area contributed by atoms with Gasteiger partial charge in [0.25, 0.3) is 0 Å². The molecule has 1 unspecified atom stereocenters. The van der Waals surface area contributed by atoms with Crippen LogP contribution in [0.15, 0.2) is 0 Å². The van der Waals surface area contributed by atoms with Crippen LogP contribution in [-0.4, -0.2) is 30.0 Å². The third kappa shape index (κ3) is 2.77. The smallest absolute Gasteiger partial charge is 0.235 e. The molecule has 1 fully saturated rings. The molecule has 3 N–H and O–H groups in total. The summed E-state index contributed by atoms with van der Waals surface area (Å²) in [5, 5.41) is 3.02. The van der Waals surface area contributed by atoms with E-state index >= 15 is 0 Å². The Morgan fingerprint density at radius 2 is 2.40 bits per heavy atom. The molecule has 1 rings (SSSR count). The molecule has 0 aliphatic carbocycles. The highest BCUT2D eigenvalue weighted by atomic mass is 35.5. The molecule has 0 radical (unpaired) electrons. The van der Waals surface area contributed by atoms with Crippen molar-refractivity contribution in [3.05, 3.63) is 0 Å². The quantitative estimate of drug-likeness (QED) is 0.580. The first-order valence-electron chi connectivity index (χ1n) is 2.91. The van der Waals surface area contributed by atoms with Crippen molar-refractivity contribution >= 4 is 30.1 Å². The number of hydrogen-bond donors (Lipinski definition) is 2. The molecule has 0 aromatic rings. The summed E-state index contributed by atoms with van der Waals surface area (Å²) in [6.07, 6.45) is 0. The molecule has 1 aliphatic rings. The van der Waals surface area contributed by atoms with E-state index in [0.29, 0.717) is 0 Å². The number of carbonyl (C=O) groups excluding carboxylic acids is 1. The summed E-state index contributed by atoms with van der Waals surface area (Å²) in [4.78, 5) is 10.5. The molecular formula is C5H11ClN2OS. The highest BCUT2D eigenvalue weighted by Crippen LogP contribution is 2.06. The number of thioether (sulfide) groups is 1. The molecule has 0 spiro atoms. The van der Waals surface area contributed by atoms with E-state index in [4.69, 9.17) is 5.73 Å². The molecule has 1 aliphatic heterocycles. The second-order valence-corrected chi connectivity index (χ2v) is 3.13. The Morgan fingerprint density at radius 1 is 1.70 bits per heavy atom. The van der Waals surface area contributed by atoms with Gasteiger partial charge in [-0.15, -0.1) is 12.4 Å². The highest BCUT2D eigenvalue weighted by Gasteiger charge is 2.16. The van der Waals surface area contributed by atoms with E-state index in [2.05, 4.69) is 5.32 Å². The van der Waals surface area contributed by atoms with Gasteiger partial charge in [-0.05, 0) is 0 Å². The van der Waals surface area contributed by atoms with Crippen LogP contribution < -0.4 is 11.1 Å². The molecular weight excluding hydrogens is 172 g/mol. The van der Waals surface area contributed by atoms with Crippen LogP contribution in [0.2, 0.25) is 0 Å². The lowest BCUT2D eigenvalue weighted by atomic mass is 10.3. The number of primary amides is 1. The summed E-state index contributed by atoms with van der Waals surface area (Å²) in [5.41, 5.74) is 5.05. The summed E-state index contributed by atoms with van der Waals surface area (Å²) in [5.74, 6) is 1.68. The molecule has 0 saturated carbocycles. The average molecular weight is 183 g/mol. The molecule has 5 heteroatoms. The Kier molecular flexibility index (Phi) is 4.85. The Hall–Kier alpha value is 0.0700. The van der Waals surface area contributed by atoms with Gasteiger partial charge in [0, 0.05) is 18.1 Å². The van der Waals surface area contributed by atoms with Gasteiger partial charge in [-0.2, -0.15) is 11.8 Å². The molecule has 0 aromatic heterocycles. The number of nitrogens with one attached hydrogen (secondary N) is 1. The monoisotopic (exact) mass is 182 g/mol. The maximum atomic E-state index is 10.5. The van der Waals surface area contributed by atoms with Crippen molar-refractivity contribution in [3.63, 3.8) is 0 Å². The predicted molar refractivity (Wildman–Crippen MR) is 45.6 cm³/mol. The topological polar surface area (TPSA) is 55.1 Å². The van der Waals surface area contributed by atoms with Gasteiger partial charge in [0.15, 0.2) is 0 Å². The van der Waals surface area contributed by atoms with Crippen molar-refractivity contribution in [1.29, 1.82) is 0 Å². The van der Waals surface area contributed by atoms with Crippen LogP contribution in [-0.2, 0) is 4.79 Å². The van der Waals surface area contributed by atoms with Gasteiger partial charge in [-0.3, -0.25) is 4.79 Å². The third-order valence-electron chi connectivity index (χ3n) is 1.27. The van der Waals surface area contributed by atoms with E-state index in [9.17, 15) is 4.79 Å². The minimum Gasteiger partial charge on any atom is -0.368 e. The molecule has 1 saturated heterocycles. The van der Waals surface area contributed by atoms with Gasteiger partial charge in [-0.25, -0.2) is 0 Å². The maximum absolute atomic E-state index is 10.5. The zero-order valence-electron chi connectivity index (χ0n) is 5.50. The lowest BCUT2D eigenvalue weighted by Crippen LogP contribution is -2.46. The Balaban J connectivity index is 0.000000810. The van der Waals surface area contributed by atoms with Crippen LogP contribution in [0.4, 0.5) is 0 Å². The first kappa shape index (κ1) is 10.1. The largest absolute Gasteiger partial charge is 0.368 e.